The van der Waals surface area contributed by atoms with Gasteiger partial charge in [0.2, 0.25) is 23.8 Å². The number of phenols is 3. The number of aromatic hydroxyl groups is 3. The van der Waals surface area contributed by atoms with Crippen LogP contribution in [0.5, 0.6) is 28.7 Å². The number of ether oxygens (including phenoxy) is 6. The van der Waals surface area contributed by atoms with Crippen LogP contribution in [0, 0.1) is 0 Å². The smallest absolute Gasteiger partial charge is 0.335 e. The first kappa shape index (κ1) is 41.2. The molecule has 2 aromatic carbocycles. The molecule has 56 heavy (non-hydrogen) atoms. The highest BCUT2D eigenvalue weighted by atomic mass is 16.8. The van der Waals surface area contributed by atoms with E-state index >= 15 is 0 Å². The van der Waals surface area contributed by atoms with Crippen LogP contribution in [0.1, 0.15) is 0 Å². The van der Waals surface area contributed by atoms with Crippen molar-refractivity contribution in [3.05, 3.63) is 40.6 Å². The van der Waals surface area contributed by atoms with Gasteiger partial charge in [-0.3, -0.25) is 4.79 Å². The number of benzene rings is 2. The number of carboxylic acids is 1. The van der Waals surface area contributed by atoms with Crippen molar-refractivity contribution in [2.45, 2.75) is 92.1 Å². The Morgan fingerprint density at radius 1 is 0.643 bits per heavy atom. The zero-order valence-electron chi connectivity index (χ0n) is 28.4. The van der Waals surface area contributed by atoms with E-state index in [4.69, 9.17) is 32.8 Å². The van der Waals surface area contributed by atoms with Gasteiger partial charge >= 0.3 is 5.97 Å². The fraction of sp³-hybridized carbons (Fsp3) is 0.515. The van der Waals surface area contributed by atoms with Gasteiger partial charge in [-0.05, 0) is 18.2 Å². The van der Waals surface area contributed by atoms with Gasteiger partial charge < -0.3 is 104 Å². The maximum atomic E-state index is 14.2. The first-order chi connectivity index (χ1) is 26.5. The molecule has 14 N–H and O–H groups in total. The molecule has 3 saturated heterocycles. The lowest BCUT2D eigenvalue weighted by Crippen LogP contribution is -2.65. The van der Waals surface area contributed by atoms with E-state index in [9.17, 15) is 81.1 Å². The Bertz CT molecular complexity index is 1950. The molecule has 23 heteroatoms. The number of hydrogen-bond acceptors (Lipinski definition) is 22. The molecule has 3 aliphatic heterocycles. The minimum Gasteiger partial charge on any atom is -0.507 e. The molecule has 0 saturated carbocycles. The van der Waals surface area contributed by atoms with Crippen molar-refractivity contribution < 1.29 is 109 Å². The summed E-state index contributed by atoms with van der Waals surface area (Å²) in [5, 5.41) is 143. The molecule has 3 fully saturated rings. The van der Waals surface area contributed by atoms with Gasteiger partial charge in [0.05, 0.1) is 13.2 Å². The van der Waals surface area contributed by atoms with Crippen LogP contribution in [0.3, 0.4) is 0 Å². The van der Waals surface area contributed by atoms with E-state index in [2.05, 4.69) is 0 Å². The third-order valence-corrected chi connectivity index (χ3v) is 9.41. The van der Waals surface area contributed by atoms with Crippen molar-refractivity contribution in [1.82, 2.24) is 0 Å². The minimum atomic E-state index is -2.07. The summed E-state index contributed by atoms with van der Waals surface area (Å²) in [6.07, 6.45) is -29.1. The zero-order chi connectivity index (χ0) is 40.9. The first-order valence-corrected chi connectivity index (χ1v) is 16.7. The van der Waals surface area contributed by atoms with Crippen molar-refractivity contribution in [3.8, 4) is 40.1 Å². The van der Waals surface area contributed by atoms with Crippen molar-refractivity contribution in [2.24, 2.45) is 0 Å². The predicted octanol–water partition coefficient (Wildman–Crippen LogP) is -5.15. The summed E-state index contributed by atoms with van der Waals surface area (Å²) >= 11 is 0. The molecule has 0 radical (unpaired) electrons. The molecule has 0 spiro atoms. The second-order valence-electron chi connectivity index (χ2n) is 13.1. The van der Waals surface area contributed by atoms with Gasteiger partial charge in [0.15, 0.2) is 35.8 Å². The van der Waals surface area contributed by atoms with Crippen molar-refractivity contribution in [2.75, 3.05) is 13.2 Å². The molecule has 0 unspecified atom stereocenters. The Balaban J connectivity index is 1.43. The molecule has 0 bridgehead atoms. The van der Waals surface area contributed by atoms with Crippen molar-refractivity contribution >= 4 is 16.9 Å². The molecule has 23 nitrogen and oxygen atoms in total. The van der Waals surface area contributed by atoms with Crippen molar-refractivity contribution in [3.63, 3.8) is 0 Å². The van der Waals surface area contributed by atoms with E-state index < -0.39 is 162 Å². The zero-order valence-corrected chi connectivity index (χ0v) is 28.4. The monoisotopic (exact) mass is 802 g/mol. The summed E-state index contributed by atoms with van der Waals surface area (Å²) < 4.78 is 39.0. The molecule has 308 valence electrons. The van der Waals surface area contributed by atoms with E-state index in [1.54, 1.807) is 0 Å². The van der Waals surface area contributed by atoms with Crippen LogP contribution in [-0.4, -0.2) is 183 Å². The summed E-state index contributed by atoms with van der Waals surface area (Å²) in [7, 11) is 0. The SMILES string of the molecule is O=C(O)[C@H]1O[C@@H](Oc2cc(O)c3c(=O)c(O[C@@H]4O[C@H](CO)[C@@H](O)[C@H](O)[C@H]4O[C@@H]4O[C@H](CO)[C@@H](O)[C@H](O)[C@H]4O)c(-c4ccc(O)c(O)c4)oc3c2)[C@H](O)[C@@H](O)[C@@H]1O. The normalized spacial score (nSPS) is 36.3. The first-order valence-electron chi connectivity index (χ1n) is 16.7. The van der Waals surface area contributed by atoms with E-state index in [1.807, 2.05) is 0 Å². The molecule has 3 aromatic rings. The number of aliphatic carboxylic acids is 1. The number of fused-ring (bicyclic) bond motifs is 1. The Kier molecular flexibility index (Phi) is 11.9. The lowest BCUT2D eigenvalue weighted by atomic mass is 9.97. The van der Waals surface area contributed by atoms with Crippen LogP contribution in [0.2, 0.25) is 0 Å². The highest BCUT2D eigenvalue weighted by molar-refractivity contribution is 5.88. The summed E-state index contributed by atoms with van der Waals surface area (Å²) in [4.78, 5) is 25.8. The number of aliphatic hydroxyl groups excluding tert-OH is 10. The number of phenolic OH excluding ortho intramolecular Hbond substituents is 3. The van der Waals surface area contributed by atoms with Crippen LogP contribution in [-0.2, 0) is 23.7 Å². The third-order valence-electron chi connectivity index (χ3n) is 9.41. The van der Waals surface area contributed by atoms with Crippen LogP contribution >= 0.6 is 0 Å². The maximum absolute atomic E-state index is 14.2. The van der Waals surface area contributed by atoms with Crippen LogP contribution in [0.25, 0.3) is 22.3 Å². The summed E-state index contributed by atoms with van der Waals surface area (Å²) in [5.74, 6) is -5.87. The van der Waals surface area contributed by atoms with Crippen LogP contribution < -0.4 is 14.9 Å². The predicted molar refractivity (Wildman–Crippen MR) is 175 cm³/mol. The topological polar surface area (TPSA) is 386 Å². The largest absolute Gasteiger partial charge is 0.507 e. The Morgan fingerprint density at radius 2 is 1.25 bits per heavy atom. The summed E-state index contributed by atoms with van der Waals surface area (Å²) in [5.41, 5.74) is -1.93. The van der Waals surface area contributed by atoms with Crippen molar-refractivity contribution in [1.29, 1.82) is 0 Å². The van der Waals surface area contributed by atoms with Crippen LogP contribution in [0.15, 0.2) is 39.5 Å². The molecule has 4 heterocycles. The average molecular weight is 803 g/mol. The Hall–Kier alpha value is -4.44. The minimum absolute atomic E-state index is 0.200. The highest BCUT2D eigenvalue weighted by Crippen LogP contribution is 2.41. The number of carbonyl (C=O) groups is 1. The van der Waals surface area contributed by atoms with E-state index in [1.165, 1.54) is 0 Å². The van der Waals surface area contributed by atoms with Gasteiger partial charge in [0.25, 0.3) is 0 Å². The van der Waals surface area contributed by atoms with Gasteiger partial charge in [-0.25, -0.2) is 4.79 Å². The van der Waals surface area contributed by atoms with E-state index in [0.717, 1.165) is 30.3 Å². The van der Waals surface area contributed by atoms with Gasteiger partial charge in [-0.1, -0.05) is 0 Å². The van der Waals surface area contributed by atoms with Gasteiger partial charge in [-0.2, -0.15) is 0 Å². The van der Waals surface area contributed by atoms with E-state index in [-0.39, 0.29) is 5.56 Å². The standard InChI is InChI=1S/C33H38O23/c34-6-14-17(39)20(42)24(46)32(52-14)56-29-22(44)18(40)15(7-35)53-33(29)54-27-19(41)16-12(38)4-9(50-31-25(47)21(43)23(45)28(55-31)30(48)49)5-13(16)51-26(27)8-1-2-10(36)11(37)3-8/h1-5,14-15,17-18,20-25,28-29,31-40,42-47H,6-7H2,(H,48,49)/t14-,15-,17-,18-,20+,21+,22+,23+,24-,25-,28+,29-,31-,32+,33+/m1/s1. The lowest BCUT2D eigenvalue weighted by molar-refractivity contribution is -0.358. The fourth-order valence-electron chi connectivity index (χ4n) is 6.32. The highest BCUT2D eigenvalue weighted by Gasteiger charge is 2.52. The molecule has 15 atom stereocenters. The third kappa shape index (κ3) is 7.53. The second-order valence-corrected chi connectivity index (χ2v) is 13.1. The molecule has 0 aliphatic carbocycles. The molecule has 3 aliphatic rings. The van der Waals surface area contributed by atoms with Gasteiger partial charge in [0, 0.05) is 17.7 Å². The number of hydrogen-bond donors (Lipinski definition) is 14. The molecule has 0 amide bonds. The quantitative estimate of drug-likeness (QED) is 0.0852. The number of carboxylic acid groups (broad SMARTS) is 1. The van der Waals surface area contributed by atoms with Gasteiger partial charge in [0.1, 0.15) is 83.5 Å². The molecule has 6 rings (SSSR count). The lowest BCUT2D eigenvalue weighted by Gasteiger charge is -2.45. The molecular formula is C33H38O23. The van der Waals surface area contributed by atoms with E-state index in [0.29, 0.717) is 0 Å². The fourth-order valence-corrected chi connectivity index (χ4v) is 6.32. The van der Waals surface area contributed by atoms with Gasteiger partial charge in [-0.15, -0.1) is 0 Å². The summed E-state index contributed by atoms with van der Waals surface area (Å²) in [6.45, 7) is -1.81. The maximum Gasteiger partial charge on any atom is 0.335 e. The second kappa shape index (κ2) is 16.2. The number of rotatable bonds is 10. The molecular weight excluding hydrogens is 764 g/mol. The van der Waals surface area contributed by atoms with Crippen LogP contribution in [0.4, 0.5) is 0 Å². The number of aliphatic hydroxyl groups is 10. The Labute approximate surface area is 312 Å². The Morgan fingerprint density at radius 3 is 1.88 bits per heavy atom. The summed E-state index contributed by atoms with van der Waals surface area (Å²) in [6, 6.07) is 4.78. The average Bonchev–Trinajstić information content (AvgIpc) is 3.16. The molecule has 1 aromatic heterocycles.